The van der Waals surface area contributed by atoms with E-state index < -0.39 is 0 Å². The Morgan fingerprint density at radius 2 is 1.92 bits per heavy atom. The first-order chi connectivity index (χ1) is 12.6. The number of carbonyl (C=O) groups is 2. The minimum Gasteiger partial charge on any atom is -0.483 e. The number of benzene rings is 2. The number of aromatic nitrogens is 2. The van der Waals surface area contributed by atoms with Crippen LogP contribution in [-0.4, -0.2) is 29.0 Å². The predicted octanol–water partition coefficient (Wildman–Crippen LogP) is 3.27. The fraction of sp³-hybridized carbons (Fsp3) is 0.158. The number of nitrogens with one attached hydrogen (secondary N) is 1. The van der Waals surface area contributed by atoms with Gasteiger partial charge in [0.1, 0.15) is 10.8 Å². The third-order valence-electron chi connectivity index (χ3n) is 3.59. The zero-order valence-electron chi connectivity index (χ0n) is 14.1. The number of hydrogen-bond acceptors (Lipinski definition) is 6. The van der Waals surface area contributed by atoms with E-state index in [4.69, 9.17) is 4.74 Å². The van der Waals surface area contributed by atoms with Gasteiger partial charge >= 0.3 is 0 Å². The third kappa shape index (κ3) is 4.73. The van der Waals surface area contributed by atoms with Crippen LogP contribution in [0.5, 0.6) is 5.75 Å². The number of ether oxygens (including phenoxy) is 1. The van der Waals surface area contributed by atoms with E-state index in [0.29, 0.717) is 29.2 Å². The first-order valence-corrected chi connectivity index (χ1v) is 8.80. The molecular weight excluding hydrogens is 350 g/mol. The number of amides is 1. The van der Waals surface area contributed by atoms with Gasteiger partial charge in [0.15, 0.2) is 12.9 Å². The fourth-order valence-electron chi connectivity index (χ4n) is 2.26. The standard InChI is InChI=1S/C19H17N3O3S/c1-13-6-8-14(9-7-13)10-18-21-22-19(26-18)20-17(24)12-25-16-5-3-2-4-15(16)11-23/h2-9,11H,10,12H2,1H3,(H,20,22,24). The Morgan fingerprint density at radius 3 is 2.69 bits per heavy atom. The second kappa shape index (κ2) is 8.35. The summed E-state index contributed by atoms with van der Waals surface area (Å²) < 4.78 is 5.39. The van der Waals surface area contributed by atoms with Crippen LogP contribution in [0.25, 0.3) is 0 Å². The number of para-hydroxylation sites is 1. The molecule has 0 spiro atoms. The van der Waals surface area contributed by atoms with Crippen LogP contribution in [-0.2, 0) is 11.2 Å². The minimum atomic E-state index is -0.358. The summed E-state index contributed by atoms with van der Waals surface area (Å²) in [7, 11) is 0. The van der Waals surface area contributed by atoms with Crippen molar-refractivity contribution in [3.8, 4) is 5.75 Å². The fourth-order valence-corrected chi connectivity index (χ4v) is 3.05. The molecule has 0 bridgehead atoms. The van der Waals surface area contributed by atoms with E-state index in [1.165, 1.54) is 16.9 Å². The summed E-state index contributed by atoms with van der Waals surface area (Å²) >= 11 is 1.32. The molecule has 0 aliphatic carbocycles. The molecule has 0 radical (unpaired) electrons. The lowest BCUT2D eigenvalue weighted by molar-refractivity contribution is -0.118. The zero-order chi connectivity index (χ0) is 18.4. The van der Waals surface area contributed by atoms with E-state index in [2.05, 4.69) is 15.5 Å². The molecule has 26 heavy (non-hydrogen) atoms. The molecule has 2 aromatic carbocycles. The van der Waals surface area contributed by atoms with Crippen LogP contribution in [0.15, 0.2) is 48.5 Å². The molecule has 1 amide bonds. The maximum Gasteiger partial charge on any atom is 0.264 e. The molecule has 0 atom stereocenters. The molecule has 1 aromatic heterocycles. The molecule has 0 unspecified atom stereocenters. The number of aldehydes is 1. The minimum absolute atomic E-state index is 0.211. The van der Waals surface area contributed by atoms with E-state index in [9.17, 15) is 9.59 Å². The van der Waals surface area contributed by atoms with Crippen molar-refractivity contribution in [3.63, 3.8) is 0 Å². The molecule has 7 heteroatoms. The van der Waals surface area contributed by atoms with Crippen LogP contribution >= 0.6 is 11.3 Å². The second-order valence-corrected chi connectivity index (χ2v) is 6.72. The number of rotatable bonds is 7. The molecule has 0 aliphatic rings. The van der Waals surface area contributed by atoms with Crippen molar-refractivity contribution < 1.29 is 14.3 Å². The quantitative estimate of drug-likeness (QED) is 0.648. The highest BCUT2D eigenvalue weighted by Gasteiger charge is 2.10. The molecule has 0 saturated heterocycles. The topological polar surface area (TPSA) is 81.2 Å². The van der Waals surface area contributed by atoms with Crippen molar-refractivity contribution in [1.82, 2.24) is 10.2 Å². The lowest BCUT2D eigenvalue weighted by atomic mass is 10.1. The van der Waals surface area contributed by atoms with Gasteiger partial charge < -0.3 is 4.74 Å². The summed E-state index contributed by atoms with van der Waals surface area (Å²) in [6.07, 6.45) is 1.35. The average Bonchev–Trinajstić information content (AvgIpc) is 3.09. The largest absolute Gasteiger partial charge is 0.483 e. The highest BCUT2D eigenvalue weighted by molar-refractivity contribution is 7.15. The van der Waals surface area contributed by atoms with Crippen molar-refractivity contribution >= 4 is 28.7 Å². The van der Waals surface area contributed by atoms with Gasteiger partial charge in [-0.25, -0.2) is 0 Å². The Hall–Kier alpha value is -3.06. The zero-order valence-corrected chi connectivity index (χ0v) is 15.0. The van der Waals surface area contributed by atoms with Crippen LogP contribution in [0.2, 0.25) is 0 Å². The van der Waals surface area contributed by atoms with Gasteiger partial charge in [0.25, 0.3) is 5.91 Å². The number of hydrogen-bond donors (Lipinski definition) is 1. The summed E-state index contributed by atoms with van der Waals surface area (Å²) in [4.78, 5) is 22.9. The highest BCUT2D eigenvalue weighted by atomic mass is 32.1. The van der Waals surface area contributed by atoms with Gasteiger partial charge in [0, 0.05) is 6.42 Å². The van der Waals surface area contributed by atoms with Gasteiger partial charge in [0.2, 0.25) is 5.13 Å². The van der Waals surface area contributed by atoms with Crippen LogP contribution < -0.4 is 10.1 Å². The van der Waals surface area contributed by atoms with Crippen LogP contribution in [0.3, 0.4) is 0 Å². The van der Waals surface area contributed by atoms with Crippen molar-refractivity contribution in [1.29, 1.82) is 0 Å². The highest BCUT2D eigenvalue weighted by Crippen LogP contribution is 2.19. The van der Waals surface area contributed by atoms with E-state index >= 15 is 0 Å². The summed E-state index contributed by atoms with van der Waals surface area (Å²) in [5.74, 6) is 0.0127. The summed E-state index contributed by atoms with van der Waals surface area (Å²) in [6.45, 7) is 1.83. The Morgan fingerprint density at radius 1 is 1.15 bits per heavy atom. The third-order valence-corrected chi connectivity index (χ3v) is 4.43. The monoisotopic (exact) mass is 367 g/mol. The Bertz CT molecular complexity index is 906. The van der Waals surface area contributed by atoms with E-state index in [-0.39, 0.29) is 12.5 Å². The van der Waals surface area contributed by atoms with Crippen LogP contribution in [0.4, 0.5) is 5.13 Å². The molecule has 3 rings (SSSR count). The average molecular weight is 367 g/mol. The van der Waals surface area contributed by atoms with Gasteiger partial charge in [-0.2, -0.15) is 0 Å². The molecule has 1 N–H and O–H groups in total. The number of aryl methyl sites for hydroxylation is 1. The van der Waals surface area contributed by atoms with Crippen molar-refractivity contribution in [2.45, 2.75) is 13.3 Å². The van der Waals surface area contributed by atoms with Gasteiger partial charge in [-0.3, -0.25) is 14.9 Å². The lowest BCUT2D eigenvalue weighted by Gasteiger charge is -2.07. The van der Waals surface area contributed by atoms with Gasteiger partial charge in [-0.15, -0.1) is 10.2 Å². The van der Waals surface area contributed by atoms with Crippen molar-refractivity contribution in [2.75, 3.05) is 11.9 Å². The molecule has 0 saturated carbocycles. The van der Waals surface area contributed by atoms with Gasteiger partial charge in [-0.05, 0) is 24.6 Å². The molecule has 6 nitrogen and oxygen atoms in total. The molecule has 132 valence electrons. The lowest BCUT2D eigenvalue weighted by Crippen LogP contribution is -2.20. The number of carbonyl (C=O) groups excluding carboxylic acids is 2. The summed E-state index contributed by atoms with van der Waals surface area (Å²) in [6, 6.07) is 14.9. The molecule has 3 aromatic rings. The Balaban J connectivity index is 1.54. The van der Waals surface area contributed by atoms with Gasteiger partial charge in [-0.1, -0.05) is 53.3 Å². The molecule has 0 fully saturated rings. The van der Waals surface area contributed by atoms with E-state index in [1.54, 1.807) is 24.3 Å². The van der Waals surface area contributed by atoms with Crippen molar-refractivity contribution in [3.05, 3.63) is 70.2 Å². The van der Waals surface area contributed by atoms with Gasteiger partial charge in [0.05, 0.1) is 5.56 Å². The summed E-state index contributed by atoms with van der Waals surface area (Å²) in [5, 5.41) is 12.0. The Labute approximate surface area is 154 Å². The smallest absolute Gasteiger partial charge is 0.264 e. The first kappa shape index (κ1) is 17.8. The number of nitrogens with zero attached hydrogens (tertiary/aromatic N) is 2. The SMILES string of the molecule is Cc1ccc(Cc2nnc(NC(=O)COc3ccccc3C=O)s2)cc1. The van der Waals surface area contributed by atoms with E-state index in [1.807, 2.05) is 31.2 Å². The van der Waals surface area contributed by atoms with Crippen molar-refractivity contribution in [2.24, 2.45) is 0 Å². The Kier molecular flexibility index (Phi) is 5.70. The summed E-state index contributed by atoms with van der Waals surface area (Å²) in [5.41, 5.74) is 2.74. The second-order valence-electron chi connectivity index (χ2n) is 5.66. The molecule has 1 heterocycles. The van der Waals surface area contributed by atoms with Crippen LogP contribution in [0.1, 0.15) is 26.5 Å². The van der Waals surface area contributed by atoms with E-state index in [0.717, 1.165) is 10.6 Å². The predicted molar refractivity (Wildman–Crippen MR) is 99.8 cm³/mol. The number of anilines is 1. The first-order valence-electron chi connectivity index (χ1n) is 7.99. The van der Waals surface area contributed by atoms with Crippen LogP contribution in [0, 0.1) is 6.92 Å². The molecule has 0 aliphatic heterocycles. The normalized spacial score (nSPS) is 10.3. The maximum atomic E-state index is 12.0. The molecular formula is C19H17N3O3S. The maximum absolute atomic E-state index is 12.0.